The molecule has 1 aromatic heterocycles. The fourth-order valence-electron chi connectivity index (χ4n) is 3.35. The second-order valence-electron chi connectivity index (χ2n) is 8.33. The molecule has 0 saturated carbocycles. The highest BCUT2D eigenvalue weighted by molar-refractivity contribution is 5.93. The maximum absolute atomic E-state index is 14.2. The maximum Gasteiger partial charge on any atom is 0.230 e. The maximum atomic E-state index is 14.2. The number of piperidine rings is 1. The van der Waals surface area contributed by atoms with Crippen LogP contribution in [0, 0.1) is 11.2 Å². The van der Waals surface area contributed by atoms with Crippen molar-refractivity contribution < 1.29 is 13.9 Å². The van der Waals surface area contributed by atoms with Crippen molar-refractivity contribution in [3.8, 4) is 5.75 Å². The van der Waals surface area contributed by atoms with Gasteiger partial charge in [0.1, 0.15) is 17.4 Å². The summed E-state index contributed by atoms with van der Waals surface area (Å²) in [4.78, 5) is 14.5. The lowest BCUT2D eigenvalue weighted by Crippen LogP contribution is -2.35. The number of amides is 1. The number of carbonyl (C=O) groups excluding carboxylic acids is 1. The highest BCUT2D eigenvalue weighted by atomic mass is 19.1. The summed E-state index contributed by atoms with van der Waals surface area (Å²) in [5, 5.41) is 7.41. The zero-order valence-corrected chi connectivity index (χ0v) is 17.0. The minimum atomic E-state index is -0.457. The van der Waals surface area contributed by atoms with Crippen molar-refractivity contribution in [1.82, 2.24) is 14.7 Å². The summed E-state index contributed by atoms with van der Waals surface area (Å²) in [5.41, 5.74) is 0.220. The largest absolute Gasteiger partial charge is 0.497 e. The average molecular weight is 388 g/mol. The summed E-state index contributed by atoms with van der Waals surface area (Å²) in [5.74, 6) is 1.01. The minimum absolute atomic E-state index is 0.0262. The van der Waals surface area contributed by atoms with E-state index in [9.17, 15) is 9.18 Å². The third kappa shape index (κ3) is 4.70. The molecular weight excluding hydrogens is 359 g/mol. The normalized spacial score (nSPS) is 16.2. The van der Waals surface area contributed by atoms with Crippen LogP contribution in [0.25, 0.3) is 0 Å². The molecule has 7 heteroatoms. The van der Waals surface area contributed by atoms with Crippen LogP contribution < -0.4 is 10.1 Å². The van der Waals surface area contributed by atoms with Gasteiger partial charge in [-0.1, -0.05) is 26.8 Å². The van der Waals surface area contributed by atoms with Crippen molar-refractivity contribution in [2.24, 2.45) is 5.41 Å². The lowest BCUT2D eigenvalue weighted by Gasteiger charge is -2.33. The zero-order chi connectivity index (χ0) is 20.3. The van der Waals surface area contributed by atoms with E-state index < -0.39 is 5.41 Å². The van der Waals surface area contributed by atoms with Gasteiger partial charge in [-0.2, -0.15) is 5.10 Å². The van der Waals surface area contributed by atoms with E-state index in [4.69, 9.17) is 4.74 Å². The van der Waals surface area contributed by atoms with Crippen molar-refractivity contribution in [1.29, 1.82) is 0 Å². The molecule has 0 aliphatic carbocycles. The van der Waals surface area contributed by atoms with Crippen LogP contribution in [-0.2, 0) is 11.3 Å². The Kier molecular flexibility index (Phi) is 6.03. The molecule has 1 aromatic carbocycles. The fourth-order valence-corrected chi connectivity index (χ4v) is 3.35. The van der Waals surface area contributed by atoms with Gasteiger partial charge in [-0.05, 0) is 18.9 Å². The quantitative estimate of drug-likeness (QED) is 0.845. The molecule has 0 radical (unpaired) electrons. The molecule has 0 unspecified atom stereocenters. The summed E-state index contributed by atoms with van der Waals surface area (Å²) in [6, 6.07) is 7.06. The molecule has 1 amide bonds. The van der Waals surface area contributed by atoms with Gasteiger partial charge in [-0.15, -0.1) is 0 Å². The smallest absolute Gasteiger partial charge is 0.230 e. The molecule has 0 atom stereocenters. The molecule has 1 fully saturated rings. The molecule has 1 saturated heterocycles. The molecule has 1 aliphatic heterocycles. The zero-order valence-electron chi connectivity index (χ0n) is 17.0. The molecule has 6 nitrogen and oxygen atoms in total. The molecule has 1 N–H and O–H groups in total. The third-order valence-electron chi connectivity index (χ3n) is 5.15. The predicted molar refractivity (Wildman–Crippen MR) is 107 cm³/mol. The van der Waals surface area contributed by atoms with Crippen molar-refractivity contribution >= 4 is 11.7 Å². The lowest BCUT2D eigenvalue weighted by molar-refractivity contribution is -0.123. The van der Waals surface area contributed by atoms with Crippen molar-refractivity contribution in [2.75, 3.05) is 25.5 Å². The number of hydrogen-bond acceptors (Lipinski definition) is 4. The Balaban J connectivity index is 1.59. The van der Waals surface area contributed by atoms with E-state index in [0.717, 1.165) is 31.7 Å². The van der Waals surface area contributed by atoms with Gasteiger partial charge in [0.15, 0.2) is 0 Å². The number of nitrogens with zero attached hydrogens (tertiary/aromatic N) is 3. The Morgan fingerprint density at radius 2 is 2.00 bits per heavy atom. The Labute approximate surface area is 165 Å². The third-order valence-corrected chi connectivity index (χ3v) is 5.15. The number of halogens is 1. The van der Waals surface area contributed by atoms with Crippen LogP contribution in [0.5, 0.6) is 5.75 Å². The van der Waals surface area contributed by atoms with Gasteiger partial charge in [0.2, 0.25) is 5.91 Å². The second-order valence-corrected chi connectivity index (χ2v) is 8.33. The SMILES string of the molecule is COc1ccc(CN2CCC(n3nccc3NC(=O)C(C)(C)C)CC2)c(F)c1. The van der Waals surface area contributed by atoms with Gasteiger partial charge >= 0.3 is 0 Å². The topological polar surface area (TPSA) is 59.4 Å². The number of aromatic nitrogens is 2. The lowest BCUT2D eigenvalue weighted by atomic mass is 9.96. The number of hydrogen-bond donors (Lipinski definition) is 1. The number of carbonyl (C=O) groups is 1. The van der Waals surface area contributed by atoms with Crippen molar-refractivity contribution in [2.45, 2.75) is 46.2 Å². The summed E-state index contributed by atoms with van der Waals surface area (Å²) in [7, 11) is 1.53. The van der Waals surface area contributed by atoms with Crippen LogP contribution in [0.4, 0.5) is 10.2 Å². The van der Waals surface area contributed by atoms with Crippen LogP contribution in [0.3, 0.4) is 0 Å². The van der Waals surface area contributed by atoms with Gasteiger partial charge in [-0.3, -0.25) is 9.69 Å². The molecule has 0 bridgehead atoms. The summed E-state index contributed by atoms with van der Waals surface area (Å²) in [6.07, 6.45) is 3.52. The number of nitrogens with one attached hydrogen (secondary N) is 1. The van der Waals surface area contributed by atoms with Gasteiger partial charge < -0.3 is 10.1 Å². The molecule has 3 rings (SSSR count). The van der Waals surface area contributed by atoms with Gasteiger partial charge in [0, 0.05) is 42.7 Å². The first-order chi connectivity index (χ1) is 13.3. The van der Waals surface area contributed by atoms with E-state index in [-0.39, 0.29) is 17.8 Å². The molecule has 28 heavy (non-hydrogen) atoms. The Morgan fingerprint density at radius 3 is 2.61 bits per heavy atom. The Morgan fingerprint density at radius 1 is 1.29 bits per heavy atom. The van der Waals surface area contributed by atoms with E-state index >= 15 is 0 Å². The number of rotatable bonds is 5. The van der Waals surface area contributed by atoms with Gasteiger partial charge in [0.05, 0.1) is 19.3 Å². The molecule has 152 valence electrons. The monoisotopic (exact) mass is 388 g/mol. The van der Waals surface area contributed by atoms with Crippen LogP contribution in [0.2, 0.25) is 0 Å². The highest BCUT2D eigenvalue weighted by Crippen LogP contribution is 2.28. The minimum Gasteiger partial charge on any atom is -0.497 e. The molecule has 1 aliphatic rings. The summed E-state index contributed by atoms with van der Waals surface area (Å²) < 4.78 is 21.2. The number of anilines is 1. The van der Waals surface area contributed by atoms with E-state index in [1.807, 2.05) is 31.5 Å². The standard InChI is InChI=1S/C21H29FN4O2/c1-21(2,3)20(27)24-19-7-10-23-26(19)16-8-11-25(12-9-16)14-15-5-6-17(28-4)13-18(15)22/h5-7,10,13,16H,8-9,11-12,14H2,1-4H3,(H,24,27). The molecular formula is C21H29FN4O2. The molecule has 2 heterocycles. The molecule has 2 aromatic rings. The first kappa shape index (κ1) is 20.3. The van der Waals surface area contributed by atoms with Crippen molar-refractivity contribution in [3.63, 3.8) is 0 Å². The second kappa shape index (κ2) is 8.31. The first-order valence-electron chi connectivity index (χ1n) is 9.67. The number of benzene rings is 1. The number of ether oxygens (including phenoxy) is 1. The summed E-state index contributed by atoms with van der Waals surface area (Å²) in [6.45, 7) is 7.94. The Bertz CT molecular complexity index is 820. The van der Waals surface area contributed by atoms with Crippen LogP contribution in [-0.4, -0.2) is 40.8 Å². The molecule has 0 spiro atoms. The Hall–Kier alpha value is -2.41. The van der Waals surface area contributed by atoms with Crippen LogP contribution in [0.1, 0.15) is 45.2 Å². The van der Waals surface area contributed by atoms with Crippen molar-refractivity contribution in [3.05, 3.63) is 41.8 Å². The number of methoxy groups -OCH3 is 1. The predicted octanol–water partition coefficient (Wildman–Crippen LogP) is 3.85. The number of likely N-dealkylation sites (tertiary alicyclic amines) is 1. The van der Waals surface area contributed by atoms with Crippen LogP contribution in [0.15, 0.2) is 30.5 Å². The fraction of sp³-hybridized carbons (Fsp3) is 0.524. The van der Waals surface area contributed by atoms with E-state index in [1.165, 1.54) is 13.2 Å². The van der Waals surface area contributed by atoms with Crippen LogP contribution >= 0.6 is 0 Å². The van der Waals surface area contributed by atoms with Gasteiger partial charge in [-0.25, -0.2) is 9.07 Å². The average Bonchev–Trinajstić information content (AvgIpc) is 3.11. The summed E-state index contributed by atoms with van der Waals surface area (Å²) >= 11 is 0. The van der Waals surface area contributed by atoms with E-state index in [0.29, 0.717) is 17.9 Å². The van der Waals surface area contributed by atoms with Gasteiger partial charge in [0.25, 0.3) is 0 Å². The highest BCUT2D eigenvalue weighted by Gasteiger charge is 2.26. The first-order valence-corrected chi connectivity index (χ1v) is 9.67. The van der Waals surface area contributed by atoms with E-state index in [2.05, 4.69) is 15.3 Å². The van der Waals surface area contributed by atoms with E-state index in [1.54, 1.807) is 18.3 Å².